The number of aliphatic hydroxyl groups is 1. The molecular weight excluding hydrogens is 216 g/mol. The maximum atomic E-state index is 9.70. The van der Waals surface area contributed by atoms with E-state index in [1.54, 1.807) is 0 Å². The van der Waals surface area contributed by atoms with E-state index in [1.807, 2.05) is 38.1 Å². The highest BCUT2D eigenvalue weighted by atomic mass is 79.9. The summed E-state index contributed by atoms with van der Waals surface area (Å²) in [6.07, 6.45) is -0.359. The molecule has 0 aliphatic carbocycles. The fraction of sp³-hybridized carbons (Fsp3) is 0.400. The summed E-state index contributed by atoms with van der Waals surface area (Å²) in [5.74, 6) is 0.263. The molecule has 0 bridgehead atoms. The molecule has 1 aromatic rings. The van der Waals surface area contributed by atoms with Crippen LogP contribution in [0.1, 0.15) is 25.5 Å². The molecule has 12 heavy (non-hydrogen) atoms. The third-order valence-corrected chi connectivity index (χ3v) is 2.31. The van der Waals surface area contributed by atoms with Gasteiger partial charge in [-0.2, -0.15) is 0 Å². The average Bonchev–Trinajstić information content (AvgIpc) is 2.03. The van der Waals surface area contributed by atoms with E-state index in [0.717, 1.165) is 10.0 Å². The second kappa shape index (κ2) is 4.06. The molecule has 1 atom stereocenters. The highest BCUT2D eigenvalue weighted by Crippen LogP contribution is 2.23. The van der Waals surface area contributed by atoms with Crippen LogP contribution in [0.15, 0.2) is 28.7 Å². The maximum Gasteiger partial charge on any atom is 0.0813 e. The minimum absolute atomic E-state index is 0.263. The molecule has 0 saturated carbocycles. The molecule has 66 valence electrons. The van der Waals surface area contributed by atoms with E-state index in [0.29, 0.717) is 0 Å². The van der Waals surface area contributed by atoms with Gasteiger partial charge in [0.15, 0.2) is 0 Å². The number of aliphatic hydroxyl groups excluding tert-OH is 1. The van der Waals surface area contributed by atoms with Gasteiger partial charge in [0.05, 0.1) is 6.10 Å². The highest BCUT2D eigenvalue weighted by molar-refractivity contribution is 9.10. The van der Waals surface area contributed by atoms with E-state index in [2.05, 4.69) is 15.9 Å². The van der Waals surface area contributed by atoms with Gasteiger partial charge in [-0.1, -0.05) is 41.9 Å². The van der Waals surface area contributed by atoms with Crippen molar-refractivity contribution in [3.63, 3.8) is 0 Å². The van der Waals surface area contributed by atoms with Gasteiger partial charge in [-0.3, -0.25) is 0 Å². The highest BCUT2D eigenvalue weighted by Gasteiger charge is 2.11. The third kappa shape index (κ3) is 2.32. The first-order valence-corrected chi connectivity index (χ1v) is 4.84. The van der Waals surface area contributed by atoms with Crippen molar-refractivity contribution in [1.82, 2.24) is 0 Å². The van der Waals surface area contributed by atoms with Crippen molar-refractivity contribution in [1.29, 1.82) is 0 Å². The van der Waals surface area contributed by atoms with Crippen molar-refractivity contribution in [2.45, 2.75) is 20.0 Å². The predicted molar refractivity (Wildman–Crippen MR) is 53.9 cm³/mol. The fourth-order valence-electron chi connectivity index (χ4n) is 1.08. The summed E-state index contributed by atoms with van der Waals surface area (Å²) in [6, 6.07) is 7.78. The molecule has 1 aromatic carbocycles. The Morgan fingerprint density at radius 1 is 1.33 bits per heavy atom. The molecule has 1 rings (SSSR count). The van der Waals surface area contributed by atoms with Crippen LogP contribution in [0.4, 0.5) is 0 Å². The summed E-state index contributed by atoms with van der Waals surface area (Å²) < 4.78 is 1.01. The Balaban J connectivity index is 2.88. The van der Waals surface area contributed by atoms with Gasteiger partial charge < -0.3 is 5.11 Å². The molecule has 0 unspecified atom stereocenters. The van der Waals surface area contributed by atoms with Gasteiger partial charge >= 0.3 is 0 Å². The van der Waals surface area contributed by atoms with Gasteiger partial charge in [-0.15, -0.1) is 0 Å². The Kier molecular flexibility index (Phi) is 3.29. The first-order valence-electron chi connectivity index (χ1n) is 4.05. The molecule has 0 aliphatic rings. The summed E-state index contributed by atoms with van der Waals surface area (Å²) in [6.45, 7) is 4.01. The largest absolute Gasteiger partial charge is 0.388 e. The minimum Gasteiger partial charge on any atom is -0.388 e. The maximum absolute atomic E-state index is 9.70. The molecule has 0 spiro atoms. The van der Waals surface area contributed by atoms with Crippen molar-refractivity contribution in [3.05, 3.63) is 34.3 Å². The number of rotatable bonds is 2. The number of benzene rings is 1. The van der Waals surface area contributed by atoms with Crippen molar-refractivity contribution in [2.24, 2.45) is 5.92 Å². The first-order chi connectivity index (χ1) is 5.61. The molecule has 0 amide bonds. The van der Waals surface area contributed by atoms with Crippen molar-refractivity contribution < 1.29 is 5.11 Å². The quantitative estimate of drug-likeness (QED) is 0.825. The van der Waals surface area contributed by atoms with Crippen LogP contribution in [0.2, 0.25) is 0 Å². The predicted octanol–water partition coefficient (Wildman–Crippen LogP) is 3.14. The fourth-order valence-corrected chi connectivity index (χ4v) is 1.49. The van der Waals surface area contributed by atoms with Crippen LogP contribution in [0.25, 0.3) is 0 Å². The topological polar surface area (TPSA) is 20.2 Å². The summed E-state index contributed by atoms with van der Waals surface area (Å²) in [4.78, 5) is 0. The van der Waals surface area contributed by atoms with Crippen LogP contribution >= 0.6 is 15.9 Å². The normalized spacial score (nSPS) is 13.4. The van der Waals surface area contributed by atoms with E-state index in [4.69, 9.17) is 0 Å². The van der Waals surface area contributed by atoms with Crippen LogP contribution < -0.4 is 0 Å². The summed E-state index contributed by atoms with van der Waals surface area (Å²) >= 11 is 3.37. The van der Waals surface area contributed by atoms with Crippen LogP contribution in [-0.4, -0.2) is 5.11 Å². The van der Waals surface area contributed by atoms with Crippen LogP contribution in [0, 0.1) is 5.92 Å². The zero-order chi connectivity index (χ0) is 9.14. The zero-order valence-corrected chi connectivity index (χ0v) is 8.88. The van der Waals surface area contributed by atoms with Gasteiger partial charge in [-0.05, 0) is 23.6 Å². The molecule has 0 radical (unpaired) electrons. The SMILES string of the molecule is CC(C)[C@H](O)c1cccc(Br)c1. The Hall–Kier alpha value is -0.340. The second-order valence-corrected chi connectivity index (χ2v) is 4.16. The van der Waals surface area contributed by atoms with Crippen molar-refractivity contribution in [3.8, 4) is 0 Å². The standard InChI is InChI=1S/C10H13BrO/c1-7(2)10(12)8-4-3-5-9(11)6-8/h3-7,10,12H,1-2H3/t10-/m0/s1. The van der Waals surface area contributed by atoms with Gasteiger partial charge in [0, 0.05) is 4.47 Å². The Morgan fingerprint density at radius 2 is 2.00 bits per heavy atom. The van der Waals surface area contributed by atoms with Gasteiger partial charge in [-0.25, -0.2) is 0 Å². The van der Waals surface area contributed by atoms with Crippen LogP contribution in [0.3, 0.4) is 0 Å². The van der Waals surface area contributed by atoms with Crippen LogP contribution in [-0.2, 0) is 0 Å². The summed E-state index contributed by atoms with van der Waals surface area (Å²) in [7, 11) is 0. The third-order valence-electron chi connectivity index (χ3n) is 1.82. The van der Waals surface area contributed by atoms with E-state index in [-0.39, 0.29) is 12.0 Å². The van der Waals surface area contributed by atoms with Crippen LogP contribution in [0.5, 0.6) is 0 Å². The second-order valence-electron chi connectivity index (χ2n) is 3.24. The molecule has 0 fully saturated rings. The van der Waals surface area contributed by atoms with Gasteiger partial charge in [0.2, 0.25) is 0 Å². The summed E-state index contributed by atoms with van der Waals surface area (Å²) in [5.41, 5.74) is 0.972. The lowest BCUT2D eigenvalue weighted by Gasteiger charge is -2.14. The van der Waals surface area contributed by atoms with Crippen molar-refractivity contribution >= 4 is 15.9 Å². The van der Waals surface area contributed by atoms with E-state index in [1.165, 1.54) is 0 Å². The monoisotopic (exact) mass is 228 g/mol. The Bertz CT molecular complexity index is 258. The molecule has 0 heterocycles. The lowest BCUT2D eigenvalue weighted by atomic mass is 10.00. The average molecular weight is 229 g/mol. The number of hydrogen-bond donors (Lipinski definition) is 1. The van der Waals surface area contributed by atoms with Gasteiger partial charge in [0.1, 0.15) is 0 Å². The lowest BCUT2D eigenvalue weighted by molar-refractivity contribution is 0.127. The Morgan fingerprint density at radius 3 is 2.50 bits per heavy atom. The van der Waals surface area contributed by atoms with E-state index >= 15 is 0 Å². The first kappa shape index (κ1) is 9.75. The molecule has 0 saturated heterocycles. The van der Waals surface area contributed by atoms with Crippen molar-refractivity contribution in [2.75, 3.05) is 0 Å². The smallest absolute Gasteiger partial charge is 0.0813 e. The summed E-state index contributed by atoms with van der Waals surface area (Å²) in [5, 5.41) is 9.70. The molecule has 0 aliphatic heterocycles. The van der Waals surface area contributed by atoms with E-state index < -0.39 is 0 Å². The molecule has 1 N–H and O–H groups in total. The molecular formula is C10H13BrO. The minimum atomic E-state index is -0.359. The molecule has 1 nitrogen and oxygen atoms in total. The lowest BCUT2D eigenvalue weighted by Crippen LogP contribution is -2.04. The number of hydrogen-bond acceptors (Lipinski definition) is 1. The number of halogens is 1. The van der Waals surface area contributed by atoms with Gasteiger partial charge in [0.25, 0.3) is 0 Å². The Labute approximate surface area is 81.6 Å². The van der Waals surface area contributed by atoms with E-state index in [9.17, 15) is 5.11 Å². The zero-order valence-electron chi connectivity index (χ0n) is 7.29. The molecule has 2 heteroatoms. The molecule has 0 aromatic heterocycles.